The van der Waals surface area contributed by atoms with E-state index in [1.807, 2.05) is 0 Å². The van der Waals surface area contributed by atoms with Crippen molar-refractivity contribution in [2.24, 2.45) is 0 Å². The van der Waals surface area contributed by atoms with Crippen LogP contribution in [0.15, 0.2) is 12.7 Å². The number of carboxylic acids is 1. The molecule has 0 aromatic rings. The van der Waals surface area contributed by atoms with E-state index < -0.39 is 18.0 Å². The van der Waals surface area contributed by atoms with Gasteiger partial charge in [0.25, 0.3) is 0 Å². The maximum absolute atomic E-state index is 10.6. The summed E-state index contributed by atoms with van der Waals surface area (Å²) in [5.41, 5.74) is 0. The maximum atomic E-state index is 10.6. The topological polar surface area (TPSA) is 66.8 Å². The average Bonchev–Trinajstić information content (AvgIpc) is 2.03. The lowest BCUT2D eigenvalue weighted by molar-refractivity contribution is -0.148. The fourth-order valence-electron chi connectivity index (χ4n) is 0.661. The van der Waals surface area contributed by atoms with E-state index in [0.717, 1.165) is 6.08 Å². The second-order valence-corrected chi connectivity index (χ2v) is 2.65. The molecular weight excluding hydrogens is 186 g/mol. The number of likely N-dealkylation sites (N-methyl/N-ethyl adjacent to an activating group) is 1. The molecule has 5 heteroatoms. The average molecular weight is 203 g/mol. The summed E-state index contributed by atoms with van der Waals surface area (Å²) in [4.78, 5) is 22.6. The van der Waals surface area contributed by atoms with Crippen LogP contribution in [-0.2, 0) is 14.3 Å². The minimum absolute atomic E-state index is 0. The molecule has 14 heavy (non-hydrogen) atoms. The number of aliphatic carboxylic acids is 1. The molecule has 5 nitrogen and oxygen atoms in total. The highest BCUT2D eigenvalue weighted by atomic mass is 16.5. The summed E-state index contributed by atoms with van der Waals surface area (Å²) in [6.45, 7) is 3.02. The highest BCUT2D eigenvalue weighted by Gasteiger charge is 2.20. The van der Waals surface area contributed by atoms with Crippen molar-refractivity contribution in [2.45, 2.75) is 13.5 Å². The van der Waals surface area contributed by atoms with Crippen LogP contribution in [0.5, 0.6) is 0 Å². The van der Waals surface area contributed by atoms with Crippen molar-refractivity contribution in [1.29, 1.82) is 0 Å². The minimum Gasteiger partial charge on any atom is -0.480 e. The van der Waals surface area contributed by atoms with Crippen LogP contribution < -0.4 is 0 Å². The van der Waals surface area contributed by atoms with E-state index in [0.29, 0.717) is 0 Å². The summed E-state index contributed by atoms with van der Waals surface area (Å²) >= 11 is 0. The molecule has 0 bridgehead atoms. The van der Waals surface area contributed by atoms with E-state index in [2.05, 4.69) is 11.3 Å². The number of hydrogen-bond acceptors (Lipinski definition) is 4. The zero-order chi connectivity index (χ0) is 10.4. The Morgan fingerprint density at radius 2 is 2.07 bits per heavy atom. The molecule has 1 atom stereocenters. The number of carbonyl (C=O) groups is 2. The van der Waals surface area contributed by atoms with Crippen molar-refractivity contribution in [3.05, 3.63) is 12.7 Å². The standard InChI is InChI=1S/C8H13NO4.CH4/c1-4-7(10)13-5-6(8(11)12)9(2)3;/h4,6H,1,5H2,2-3H3,(H,11,12);1H4. The smallest absolute Gasteiger partial charge is 0.330 e. The van der Waals surface area contributed by atoms with Gasteiger partial charge in [0.15, 0.2) is 0 Å². The summed E-state index contributed by atoms with van der Waals surface area (Å²) in [6.07, 6.45) is 0.995. The molecule has 0 radical (unpaired) electrons. The fourth-order valence-corrected chi connectivity index (χ4v) is 0.661. The van der Waals surface area contributed by atoms with Crippen LogP contribution >= 0.6 is 0 Å². The van der Waals surface area contributed by atoms with Crippen molar-refractivity contribution in [1.82, 2.24) is 4.90 Å². The minimum atomic E-state index is -1.03. The SMILES string of the molecule is C.C=CC(=O)OCC(C(=O)O)N(C)C. The van der Waals surface area contributed by atoms with E-state index in [-0.39, 0.29) is 14.0 Å². The van der Waals surface area contributed by atoms with Gasteiger partial charge in [0.2, 0.25) is 0 Å². The molecule has 0 aromatic heterocycles. The predicted octanol–water partition coefficient (Wildman–Crippen LogP) is 0.366. The van der Waals surface area contributed by atoms with E-state index in [1.54, 1.807) is 14.1 Å². The second-order valence-electron chi connectivity index (χ2n) is 2.65. The first-order valence-corrected chi connectivity index (χ1v) is 3.67. The fraction of sp³-hybridized carbons (Fsp3) is 0.556. The Balaban J connectivity index is 0. The molecule has 0 amide bonds. The third-order valence-electron chi connectivity index (χ3n) is 1.46. The number of carbonyl (C=O) groups excluding carboxylic acids is 1. The lowest BCUT2D eigenvalue weighted by Crippen LogP contribution is -2.40. The Labute approximate surface area is 84.0 Å². The van der Waals surface area contributed by atoms with Crippen molar-refractivity contribution in [3.63, 3.8) is 0 Å². The van der Waals surface area contributed by atoms with Crippen LogP contribution in [0, 0.1) is 0 Å². The lowest BCUT2D eigenvalue weighted by atomic mass is 10.3. The molecule has 1 N–H and O–H groups in total. The Morgan fingerprint density at radius 1 is 1.57 bits per heavy atom. The second kappa shape index (κ2) is 7.08. The van der Waals surface area contributed by atoms with Crippen molar-refractivity contribution in [3.8, 4) is 0 Å². The number of rotatable bonds is 5. The van der Waals surface area contributed by atoms with E-state index >= 15 is 0 Å². The van der Waals surface area contributed by atoms with Crippen molar-refractivity contribution < 1.29 is 19.4 Å². The predicted molar refractivity (Wildman–Crippen MR) is 53.0 cm³/mol. The molecule has 0 aromatic carbocycles. The largest absolute Gasteiger partial charge is 0.480 e. The third kappa shape index (κ3) is 5.31. The first-order valence-electron chi connectivity index (χ1n) is 3.67. The van der Waals surface area contributed by atoms with E-state index in [4.69, 9.17) is 5.11 Å². The normalized spacial score (nSPS) is 11.4. The van der Waals surface area contributed by atoms with Crippen LogP contribution in [-0.4, -0.2) is 48.7 Å². The Hall–Kier alpha value is -1.36. The molecule has 0 saturated carbocycles. The van der Waals surface area contributed by atoms with Crippen LogP contribution in [0.2, 0.25) is 0 Å². The van der Waals surface area contributed by atoms with Gasteiger partial charge >= 0.3 is 11.9 Å². The molecule has 0 saturated heterocycles. The number of esters is 1. The summed E-state index contributed by atoms with van der Waals surface area (Å²) in [5.74, 6) is -1.64. The quantitative estimate of drug-likeness (QED) is 0.516. The van der Waals surface area contributed by atoms with Crippen LogP contribution in [0.3, 0.4) is 0 Å². The van der Waals surface area contributed by atoms with Crippen molar-refractivity contribution in [2.75, 3.05) is 20.7 Å². The zero-order valence-corrected chi connectivity index (χ0v) is 7.69. The molecule has 1 unspecified atom stereocenters. The Morgan fingerprint density at radius 3 is 2.36 bits per heavy atom. The van der Waals surface area contributed by atoms with Crippen LogP contribution in [0.1, 0.15) is 7.43 Å². The molecule has 0 spiro atoms. The van der Waals surface area contributed by atoms with Crippen LogP contribution in [0.4, 0.5) is 0 Å². The molecule has 0 aliphatic heterocycles. The lowest BCUT2D eigenvalue weighted by Gasteiger charge is -2.18. The van der Waals surface area contributed by atoms with Gasteiger partial charge in [-0.2, -0.15) is 0 Å². The first kappa shape index (κ1) is 15.1. The van der Waals surface area contributed by atoms with Gasteiger partial charge < -0.3 is 9.84 Å². The van der Waals surface area contributed by atoms with Crippen LogP contribution in [0.25, 0.3) is 0 Å². The molecule has 0 aliphatic carbocycles. The number of hydrogen-bond donors (Lipinski definition) is 1. The first-order chi connectivity index (χ1) is 5.99. The molecule has 0 heterocycles. The highest BCUT2D eigenvalue weighted by Crippen LogP contribution is 1.95. The number of carboxylic acid groups (broad SMARTS) is 1. The zero-order valence-electron chi connectivity index (χ0n) is 7.69. The number of ether oxygens (including phenoxy) is 1. The molecule has 0 rings (SSSR count). The van der Waals surface area contributed by atoms with Gasteiger partial charge in [0.05, 0.1) is 0 Å². The number of nitrogens with zero attached hydrogens (tertiary/aromatic N) is 1. The summed E-state index contributed by atoms with van der Waals surface area (Å²) in [5, 5.41) is 8.67. The summed E-state index contributed by atoms with van der Waals surface area (Å²) in [7, 11) is 3.20. The highest BCUT2D eigenvalue weighted by molar-refractivity contribution is 5.81. The van der Waals surface area contributed by atoms with Gasteiger partial charge in [-0.3, -0.25) is 9.69 Å². The van der Waals surface area contributed by atoms with Gasteiger partial charge in [0.1, 0.15) is 12.6 Å². The van der Waals surface area contributed by atoms with Crippen molar-refractivity contribution >= 4 is 11.9 Å². The van der Waals surface area contributed by atoms with Gasteiger partial charge in [-0.1, -0.05) is 14.0 Å². The van der Waals surface area contributed by atoms with Gasteiger partial charge in [-0.25, -0.2) is 4.79 Å². The molecule has 82 valence electrons. The Bertz CT molecular complexity index is 213. The van der Waals surface area contributed by atoms with E-state index in [1.165, 1.54) is 4.90 Å². The summed E-state index contributed by atoms with van der Waals surface area (Å²) in [6, 6.07) is -0.816. The summed E-state index contributed by atoms with van der Waals surface area (Å²) < 4.78 is 4.60. The molecule has 0 aliphatic rings. The third-order valence-corrected chi connectivity index (χ3v) is 1.46. The van der Waals surface area contributed by atoms with Gasteiger partial charge in [0, 0.05) is 6.08 Å². The van der Waals surface area contributed by atoms with Gasteiger partial charge in [-0.15, -0.1) is 0 Å². The van der Waals surface area contributed by atoms with E-state index in [9.17, 15) is 9.59 Å². The monoisotopic (exact) mass is 203 g/mol. The maximum Gasteiger partial charge on any atom is 0.330 e. The molecular formula is C9H17NO4. The molecule has 0 fully saturated rings. The Kier molecular flexibility index (Phi) is 7.65. The van der Waals surface area contributed by atoms with Gasteiger partial charge in [-0.05, 0) is 14.1 Å².